The molecule has 2 rings (SSSR count). The minimum Gasteiger partial charge on any atom is -0.365 e. The van der Waals surface area contributed by atoms with Gasteiger partial charge in [0.25, 0.3) is 0 Å². The fraction of sp³-hybridized carbons (Fsp3) is 0.500. The van der Waals surface area contributed by atoms with E-state index < -0.39 is 23.1 Å². The van der Waals surface area contributed by atoms with Crippen LogP contribution >= 0.6 is 0 Å². The maximum Gasteiger partial charge on any atom is 0.134 e. The van der Waals surface area contributed by atoms with E-state index in [4.69, 9.17) is 4.74 Å². The van der Waals surface area contributed by atoms with Gasteiger partial charge in [-0.3, -0.25) is 4.21 Å². The second kappa shape index (κ2) is 4.26. The summed E-state index contributed by atoms with van der Waals surface area (Å²) >= 11 is 0. The molecule has 2 nitrogen and oxygen atoms in total. The lowest BCUT2D eigenvalue weighted by Gasteiger charge is -2.16. The molecular formula is C12H15FO2S. The van der Waals surface area contributed by atoms with Gasteiger partial charge in [0.15, 0.2) is 0 Å². The number of halogens is 1. The zero-order valence-corrected chi connectivity index (χ0v) is 10.2. The Bertz CT molecular complexity index is 398. The van der Waals surface area contributed by atoms with Gasteiger partial charge in [-0.15, -0.1) is 0 Å². The van der Waals surface area contributed by atoms with E-state index in [-0.39, 0.29) is 5.25 Å². The quantitative estimate of drug-likeness (QED) is 0.758. The van der Waals surface area contributed by atoms with E-state index in [1.54, 1.807) is 6.92 Å². The van der Waals surface area contributed by atoms with E-state index in [1.165, 1.54) is 0 Å². The number of alkyl halides is 1. The van der Waals surface area contributed by atoms with Crippen molar-refractivity contribution in [2.45, 2.75) is 29.6 Å². The van der Waals surface area contributed by atoms with Gasteiger partial charge in [0, 0.05) is 4.90 Å². The molecule has 1 saturated heterocycles. The zero-order chi connectivity index (χ0) is 11.8. The van der Waals surface area contributed by atoms with Crippen molar-refractivity contribution in [1.29, 1.82) is 0 Å². The fourth-order valence-corrected chi connectivity index (χ4v) is 2.99. The van der Waals surface area contributed by atoms with Crippen molar-refractivity contribution in [3.05, 3.63) is 29.8 Å². The first-order valence-corrected chi connectivity index (χ1v) is 6.47. The van der Waals surface area contributed by atoms with Gasteiger partial charge in [0.1, 0.15) is 12.3 Å². The Morgan fingerprint density at radius 1 is 1.50 bits per heavy atom. The van der Waals surface area contributed by atoms with Crippen molar-refractivity contribution >= 4 is 10.8 Å². The average Bonchev–Trinajstić information content (AvgIpc) is 3.09. The Labute approximate surface area is 97.3 Å². The lowest BCUT2D eigenvalue weighted by atomic mass is 10.1. The van der Waals surface area contributed by atoms with Crippen molar-refractivity contribution in [3.8, 4) is 0 Å². The normalized spacial score (nSPS) is 27.4. The van der Waals surface area contributed by atoms with Crippen molar-refractivity contribution in [2.24, 2.45) is 0 Å². The van der Waals surface area contributed by atoms with Crippen LogP contribution in [0.15, 0.2) is 29.2 Å². The molecule has 0 bridgehead atoms. The van der Waals surface area contributed by atoms with Gasteiger partial charge in [-0.2, -0.15) is 0 Å². The third kappa shape index (κ3) is 2.04. The number of epoxide rings is 1. The molecule has 1 aliphatic heterocycles. The number of ether oxygens (including phenoxy) is 1. The third-order valence-electron chi connectivity index (χ3n) is 3.06. The van der Waals surface area contributed by atoms with E-state index in [9.17, 15) is 8.60 Å². The molecule has 0 radical (unpaired) electrons. The van der Waals surface area contributed by atoms with Crippen LogP contribution in [0.25, 0.3) is 0 Å². The molecule has 4 heteroatoms. The molecule has 1 aromatic rings. The van der Waals surface area contributed by atoms with Crippen LogP contribution in [0.1, 0.15) is 12.5 Å². The number of hydrogen-bond donors (Lipinski definition) is 0. The van der Waals surface area contributed by atoms with Crippen molar-refractivity contribution in [2.75, 3.05) is 13.3 Å². The molecule has 0 spiro atoms. The Morgan fingerprint density at radius 2 is 2.06 bits per heavy atom. The Kier molecular flexibility index (Phi) is 3.13. The second-order valence-corrected chi connectivity index (χ2v) is 6.01. The molecule has 1 unspecified atom stereocenters. The summed E-state index contributed by atoms with van der Waals surface area (Å²) in [5.41, 5.74) is 0.326. The summed E-state index contributed by atoms with van der Waals surface area (Å²) < 4.78 is 30.0. The van der Waals surface area contributed by atoms with E-state index >= 15 is 0 Å². The van der Waals surface area contributed by atoms with Crippen molar-refractivity contribution in [3.63, 3.8) is 0 Å². The summed E-state index contributed by atoms with van der Waals surface area (Å²) in [6.45, 7) is 3.57. The molecule has 3 atom stereocenters. The smallest absolute Gasteiger partial charge is 0.134 e. The highest BCUT2D eigenvalue weighted by atomic mass is 32.2. The number of benzene rings is 1. The first kappa shape index (κ1) is 11.7. The lowest BCUT2D eigenvalue weighted by molar-refractivity contribution is 0.244. The number of aryl methyl sites for hydroxylation is 1. The van der Waals surface area contributed by atoms with Crippen molar-refractivity contribution in [1.82, 2.24) is 0 Å². The Morgan fingerprint density at radius 3 is 2.50 bits per heavy atom. The minimum atomic E-state index is -1.21. The Hall–Kier alpha value is -0.740. The molecule has 0 aromatic heterocycles. The molecule has 1 fully saturated rings. The first-order chi connectivity index (χ1) is 7.59. The van der Waals surface area contributed by atoms with Crippen LogP contribution in [-0.2, 0) is 15.5 Å². The molecule has 0 amide bonds. The van der Waals surface area contributed by atoms with Crippen LogP contribution in [0.3, 0.4) is 0 Å². The van der Waals surface area contributed by atoms with Gasteiger partial charge >= 0.3 is 0 Å². The number of rotatable bonds is 4. The summed E-state index contributed by atoms with van der Waals surface area (Å²) in [5.74, 6) is 0. The van der Waals surface area contributed by atoms with Crippen LogP contribution in [0.5, 0.6) is 0 Å². The fourth-order valence-electron chi connectivity index (χ4n) is 1.58. The average molecular weight is 242 g/mol. The lowest BCUT2D eigenvalue weighted by Crippen LogP contribution is -2.33. The van der Waals surface area contributed by atoms with Crippen LogP contribution in [0, 0.1) is 6.92 Å². The van der Waals surface area contributed by atoms with E-state index in [0.29, 0.717) is 6.61 Å². The highest BCUT2D eigenvalue weighted by Gasteiger charge is 2.52. The van der Waals surface area contributed by atoms with Gasteiger partial charge in [-0.05, 0) is 26.0 Å². The standard InChI is InChI=1S/C12H15FO2S/c1-9-3-5-11(6-4-9)16(14)10(2)12(7-13)8-15-12/h3-6,10H,7-8H2,1-2H3/t10-,12+,16?/m0/s1. The molecule has 0 saturated carbocycles. The van der Waals surface area contributed by atoms with Gasteiger partial charge < -0.3 is 4.74 Å². The predicted octanol–water partition coefficient (Wildman–Crippen LogP) is 2.23. The van der Waals surface area contributed by atoms with Crippen molar-refractivity contribution < 1.29 is 13.3 Å². The van der Waals surface area contributed by atoms with Crippen LogP contribution in [0.2, 0.25) is 0 Å². The third-order valence-corrected chi connectivity index (χ3v) is 4.87. The van der Waals surface area contributed by atoms with E-state index in [0.717, 1.165) is 10.5 Å². The van der Waals surface area contributed by atoms with Crippen LogP contribution in [-0.4, -0.2) is 28.3 Å². The topological polar surface area (TPSA) is 29.6 Å². The van der Waals surface area contributed by atoms with Crippen LogP contribution < -0.4 is 0 Å². The molecule has 88 valence electrons. The second-order valence-electron chi connectivity index (χ2n) is 4.24. The van der Waals surface area contributed by atoms with E-state index in [1.807, 2.05) is 31.2 Å². The summed E-state index contributed by atoms with van der Waals surface area (Å²) in [5, 5.41) is -0.305. The molecule has 1 aliphatic rings. The molecule has 1 heterocycles. The molecule has 0 aliphatic carbocycles. The van der Waals surface area contributed by atoms with Gasteiger partial charge in [-0.25, -0.2) is 4.39 Å². The monoisotopic (exact) mass is 242 g/mol. The summed E-state index contributed by atoms with van der Waals surface area (Å²) in [6, 6.07) is 7.48. The molecule has 1 aromatic carbocycles. The molecule has 16 heavy (non-hydrogen) atoms. The zero-order valence-electron chi connectivity index (χ0n) is 9.40. The van der Waals surface area contributed by atoms with Gasteiger partial charge in [0.2, 0.25) is 0 Å². The SMILES string of the molecule is Cc1ccc(S(=O)[C@@H](C)[C@@]2(CF)CO2)cc1. The van der Waals surface area contributed by atoms with Crippen LogP contribution in [0.4, 0.5) is 4.39 Å². The maximum absolute atomic E-state index is 12.8. The molecular weight excluding hydrogens is 227 g/mol. The largest absolute Gasteiger partial charge is 0.365 e. The number of hydrogen-bond acceptors (Lipinski definition) is 2. The minimum absolute atomic E-state index is 0.305. The van der Waals surface area contributed by atoms with Gasteiger partial charge in [-0.1, -0.05) is 17.7 Å². The maximum atomic E-state index is 12.8. The predicted molar refractivity (Wildman–Crippen MR) is 61.7 cm³/mol. The highest BCUT2D eigenvalue weighted by Crippen LogP contribution is 2.35. The first-order valence-electron chi connectivity index (χ1n) is 5.26. The van der Waals surface area contributed by atoms with Gasteiger partial charge in [0.05, 0.1) is 22.7 Å². The summed E-state index contributed by atoms with van der Waals surface area (Å²) in [4.78, 5) is 0.737. The highest BCUT2D eigenvalue weighted by molar-refractivity contribution is 7.85. The Balaban J connectivity index is 2.16. The molecule has 0 N–H and O–H groups in total. The van der Waals surface area contributed by atoms with E-state index in [2.05, 4.69) is 0 Å². The summed E-state index contributed by atoms with van der Waals surface area (Å²) in [6.07, 6.45) is 0. The summed E-state index contributed by atoms with van der Waals surface area (Å²) in [7, 11) is -1.21.